The summed E-state index contributed by atoms with van der Waals surface area (Å²) in [6.07, 6.45) is 0.945. The number of hydrogen-bond acceptors (Lipinski definition) is 1. The second-order valence-corrected chi connectivity index (χ2v) is 5.80. The zero-order valence-electron chi connectivity index (χ0n) is 8.77. The number of hydrogen-bond donors (Lipinski definition) is 1. The summed E-state index contributed by atoms with van der Waals surface area (Å²) >= 11 is 5.39. The van der Waals surface area contributed by atoms with Crippen molar-refractivity contribution in [1.82, 2.24) is 5.32 Å². The van der Waals surface area contributed by atoms with Crippen LogP contribution in [0.5, 0.6) is 0 Å². The summed E-state index contributed by atoms with van der Waals surface area (Å²) in [6.45, 7) is 2.61. The molecule has 2 nitrogen and oxygen atoms in total. The third kappa shape index (κ3) is 4.01. The first kappa shape index (κ1) is 13.9. The van der Waals surface area contributed by atoms with Crippen LogP contribution in [0.3, 0.4) is 0 Å². The van der Waals surface area contributed by atoms with E-state index in [0.29, 0.717) is 15.7 Å². The standard InChI is InChI=1S/C11H12BrFINO/c1-2-7(12)6-15-11(16)9-4-3-8(13)5-10(9)14/h3-5,7H,2,6H2,1H3,(H,15,16). The Labute approximate surface area is 116 Å². The van der Waals surface area contributed by atoms with Gasteiger partial charge in [-0.15, -0.1) is 0 Å². The molecule has 1 amide bonds. The molecule has 0 saturated heterocycles. The lowest BCUT2D eigenvalue weighted by Crippen LogP contribution is -2.29. The van der Waals surface area contributed by atoms with E-state index in [2.05, 4.69) is 21.2 Å². The van der Waals surface area contributed by atoms with Gasteiger partial charge in [-0.2, -0.15) is 0 Å². The van der Waals surface area contributed by atoms with Gasteiger partial charge in [0.15, 0.2) is 0 Å². The van der Waals surface area contributed by atoms with Gasteiger partial charge in [-0.3, -0.25) is 4.79 Å². The number of rotatable bonds is 4. The van der Waals surface area contributed by atoms with Crippen molar-refractivity contribution < 1.29 is 9.18 Å². The zero-order chi connectivity index (χ0) is 12.1. The monoisotopic (exact) mass is 399 g/mol. The van der Waals surface area contributed by atoms with Crippen molar-refractivity contribution in [3.63, 3.8) is 0 Å². The molecule has 88 valence electrons. The van der Waals surface area contributed by atoms with Crippen LogP contribution in [0.25, 0.3) is 0 Å². The van der Waals surface area contributed by atoms with Crippen molar-refractivity contribution in [1.29, 1.82) is 0 Å². The number of halogens is 3. The van der Waals surface area contributed by atoms with Crippen LogP contribution >= 0.6 is 38.5 Å². The molecule has 1 aromatic rings. The second kappa shape index (κ2) is 6.54. The first-order valence-electron chi connectivity index (χ1n) is 4.92. The fourth-order valence-corrected chi connectivity index (χ4v) is 2.00. The van der Waals surface area contributed by atoms with E-state index in [1.807, 2.05) is 29.5 Å². The number of carbonyl (C=O) groups excluding carboxylic acids is 1. The molecular weight excluding hydrogens is 388 g/mol. The first-order chi connectivity index (χ1) is 7.54. The minimum Gasteiger partial charge on any atom is -0.351 e. The molecule has 0 heterocycles. The maximum Gasteiger partial charge on any atom is 0.252 e. The molecule has 1 unspecified atom stereocenters. The van der Waals surface area contributed by atoms with Crippen LogP contribution in [-0.4, -0.2) is 17.3 Å². The average Bonchev–Trinajstić information content (AvgIpc) is 2.25. The van der Waals surface area contributed by atoms with Gasteiger partial charge in [0.2, 0.25) is 0 Å². The van der Waals surface area contributed by atoms with Gasteiger partial charge in [0.05, 0.1) is 5.56 Å². The summed E-state index contributed by atoms with van der Waals surface area (Å²) in [7, 11) is 0. The molecule has 16 heavy (non-hydrogen) atoms. The van der Waals surface area contributed by atoms with Crippen LogP contribution in [0.15, 0.2) is 18.2 Å². The zero-order valence-corrected chi connectivity index (χ0v) is 12.5. The summed E-state index contributed by atoms with van der Waals surface area (Å²) in [5.74, 6) is -0.491. The number of benzene rings is 1. The Balaban J connectivity index is 2.66. The molecule has 0 bridgehead atoms. The van der Waals surface area contributed by atoms with Crippen molar-refractivity contribution >= 4 is 44.4 Å². The Hall–Kier alpha value is -0.170. The molecular formula is C11H12BrFINO. The molecule has 1 atom stereocenters. The maximum atomic E-state index is 12.8. The van der Waals surface area contributed by atoms with Crippen LogP contribution in [-0.2, 0) is 0 Å². The van der Waals surface area contributed by atoms with Gasteiger partial charge >= 0.3 is 0 Å². The number of carbonyl (C=O) groups is 1. The van der Waals surface area contributed by atoms with Gasteiger partial charge in [-0.25, -0.2) is 4.39 Å². The van der Waals surface area contributed by atoms with Gasteiger partial charge < -0.3 is 5.32 Å². The molecule has 1 rings (SSSR count). The van der Waals surface area contributed by atoms with Gasteiger partial charge in [-0.1, -0.05) is 22.9 Å². The van der Waals surface area contributed by atoms with Crippen molar-refractivity contribution in [3.8, 4) is 0 Å². The highest BCUT2D eigenvalue weighted by atomic mass is 127. The van der Waals surface area contributed by atoms with Crippen LogP contribution in [0.2, 0.25) is 0 Å². The lowest BCUT2D eigenvalue weighted by atomic mass is 10.2. The minimum atomic E-state index is -0.326. The minimum absolute atomic E-state index is 0.165. The quantitative estimate of drug-likeness (QED) is 0.610. The molecule has 0 radical (unpaired) electrons. The van der Waals surface area contributed by atoms with Crippen LogP contribution in [0.1, 0.15) is 23.7 Å². The molecule has 0 spiro atoms. The molecule has 0 aliphatic carbocycles. The Morgan fingerprint density at radius 1 is 1.62 bits per heavy atom. The van der Waals surface area contributed by atoms with Crippen molar-refractivity contribution in [3.05, 3.63) is 33.1 Å². The first-order valence-corrected chi connectivity index (χ1v) is 6.91. The van der Waals surface area contributed by atoms with Gasteiger partial charge in [0, 0.05) is 14.9 Å². The van der Waals surface area contributed by atoms with E-state index >= 15 is 0 Å². The average molecular weight is 400 g/mol. The van der Waals surface area contributed by atoms with E-state index in [-0.39, 0.29) is 16.6 Å². The predicted octanol–water partition coefficient (Wildman–Crippen LogP) is 3.33. The molecule has 1 N–H and O–H groups in total. The third-order valence-electron chi connectivity index (χ3n) is 2.10. The van der Waals surface area contributed by atoms with Crippen molar-refractivity contribution in [2.45, 2.75) is 18.2 Å². The topological polar surface area (TPSA) is 29.1 Å². The third-order valence-corrected chi connectivity index (χ3v) is 3.97. The van der Waals surface area contributed by atoms with E-state index < -0.39 is 0 Å². The smallest absolute Gasteiger partial charge is 0.252 e. The summed E-state index contributed by atoms with van der Waals surface area (Å²) < 4.78 is 13.5. The predicted molar refractivity (Wildman–Crippen MR) is 74.5 cm³/mol. The molecule has 1 aromatic carbocycles. The fraction of sp³-hybridized carbons (Fsp3) is 0.364. The van der Waals surface area contributed by atoms with Gasteiger partial charge in [-0.05, 0) is 47.2 Å². The van der Waals surface area contributed by atoms with E-state index in [0.717, 1.165) is 6.42 Å². The molecule has 0 aromatic heterocycles. The Bertz CT molecular complexity index is 386. The van der Waals surface area contributed by atoms with Crippen LogP contribution in [0.4, 0.5) is 4.39 Å². The maximum absolute atomic E-state index is 12.8. The molecule has 0 aliphatic rings. The van der Waals surface area contributed by atoms with Crippen LogP contribution in [0, 0.1) is 9.39 Å². The molecule has 0 aliphatic heterocycles. The summed E-state index contributed by atoms with van der Waals surface area (Å²) in [5.41, 5.74) is 0.512. The van der Waals surface area contributed by atoms with E-state index in [4.69, 9.17) is 0 Å². The highest BCUT2D eigenvalue weighted by Gasteiger charge is 2.11. The lowest BCUT2D eigenvalue weighted by molar-refractivity contribution is 0.0953. The fourth-order valence-electron chi connectivity index (χ4n) is 1.12. The van der Waals surface area contributed by atoms with E-state index in [9.17, 15) is 9.18 Å². The van der Waals surface area contributed by atoms with Crippen molar-refractivity contribution in [2.24, 2.45) is 0 Å². The SMILES string of the molecule is CCC(Br)CNC(=O)c1ccc(F)cc1I. The molecule has 5 heteroatoms. The Morgan fingerprint density at radius 3 is 2.88 bits per heavy atom. The second-order valence-electron chi connectivity index (χ2n) is 3.34. The number of amides is 1. The number of nitrogens with one attached hydrogen (secondary N) is 1. The number of alkyl halides is 1. The summed E-state index contributed by atoms with van der Waals surface area (Å²) in [6, 6.07) is 4.14. The van der Waals surface area contributed by atoms with E-state index in [1.54, 1.807) is 0 Å². The Morgan fingerprint density at radius 2 is 2.31 bits per heavy atom. The van der Waals surface area contributed by atoms with Crippen molar-refractivity contribution in [2.75, 3.05) is 6.54 Å². The summed E-state index contributed by atoms with van der Waals surface area (Å²) in [5, 5.41) is 2.80. The lowest BCUT2D eigenvalue weighted by Gasteiger charge is -2.09. The van der Waals surface area contributed by atoms with E-state index in [1.165, 1.54) is 18.2 Å². The normalized spacial score (nSPS) is 12.2. The highest BCUT2D eigenvalue weighted by molar-refractivity contribution is 14.1. The van der Waals surface area contributed by atoms with Crippen LogP contribution < -0.4 is 5.32 Å². The molecule has 0 saturated carbocycles. The van der Waals surface area contributed by atoms with Gasteiger partial charge in [0.1, 0.15) is 5.82 Å². The molecule has 0 fully saturated rings. The van der Waals surface area contributed by atoms with Gasteiger partial charge in [0.25, 0.3) is 5.91 Å². The highest BCUT2D eigenvalue weighted by Crippen LogP contribution is 2.14. The summed E-state index contributed by atoms with van der Waals surface area (Å²) in [4.78, 5) is 12.0. The largest absolute Gasteiger partial charge is 0.351 e. The Kier molecular flexibility index (Phi) is 5.68.